The Bertz CT molecular complexity index is 237. The fraction of sp³-hybridized carbons (Fsp3) is 0.333. The Balaban J connectivity index is 2.16. The number of nitrogens with two attached hydrogens (primary N) is 1. The minimum absolute atomic E-state index is 0.839. The molecule has 0 amide bonds. The first kappa shape index (κ1) is 9.36. The predicted molar refractivity (Wildman–Crippen MR) is 48.8 cm³/mol. The molecule has 0 aromatic carbocycles. The third kappa shape index (κ3) is 3.60. The van der Waals surface area contributed by atoms with Gasteiger partial charge in [0.05, 0.1) is 12.8 Å². The number of hydrogen-bond acceptors (Lipinski definition) is 1. The van der Waals surface area contributed by atoms with Gasteiger partial charge in [-0.25, -0.2) is 0 Å². The summed E-state index contributed by atoms with van der Waals surface area (Å²) in [6, 6.07) is 3.86. The summed E-state index contributed by atoms with van der Waals surface area (Å²) in [6.07, 6.45) is 3.66. The fourth-order valence-electron chi connectivity index (χ4n) is 0.900. The monoisotopic (exact) mass is 186 g/mol. The smallest absolute Gasteiger partial charge is 0.157 e. The van der Waals surface area contributed by atoms with E-state index in [0.717, 1.165) is 23.9 Å². The molecule has 0 saturated carbocycles. The van der Waals surface area contributed by atoms with E-state index < -0.39 is 0 Å². The van der Waals surface area contributed by atoms with Crippen molar-refractivity contribution in [3.05, 3.63) is 35.3 Å². The Kier molecular flexibility index (Phi) is 3.91. The summed E-state index contributed by atoms with van der Waals surface area (Å²) in [5, 5.41) is 2.97. The van der Waals surface area contributed by atoms with Gasteiger partial charge in [0.25, 0.3) is 0 Å². The molecule has 1 aromatic rings. The van der Waals surface area contributed by atoms with Crippen LogP contribution in [0.2, 0.25) is 0 Å². The molecule has 1 rings (SSSR count). The van der Waals surface area contributed by atoms with E-state index in [2.05, 4.69) is 5.32 Å². The zero-order chi connectivity index (χ0) is 8.81. The zero-order valence-electron chi connectivity index (χ0n) is 7.09. The first-order chi connectivity index (χ1) is 5.79. The van der Waals surface area contributed by atoms with Gasteiger partial charge in [0.1, 0.15) is 6.54 Å². The van der Waals surface area contributed by atoms with Crippen molar-refractivity contribution >= 4 is 11.6 Å². The zero-order valence-corrected chi connectivity index (χ0v) is 7.84. The first-order valence-corrected chi connectivity index (χ1v) is 4.33. The summed E-state index contributed by atoms with van der Waals surface area (Å²) in [6.45, 7) is 3.64. The fourth-order valence-corrected chi connectivity index (χ4v) is 0.989. The molecule has 1 heterocycles. The van der Waals surface area contributed by atoms with E-state index in [1.54, 1.807) is 6.26 Å². The van der Waals surface area contributed by atoms with Gasteiger partial charge in [-0.3, -0.25) is 0 Å². The molecule has 3 heteroatoms. The van der Waals surface area contributed by atoms with Crippen LogP contribution in [0.3, 0.4) is 0 Å². The summed E-state index contributed by atoms with van der Waals surface area (Å²) in [5.41, 5.74) is 0. The van der Waals surface area contributed by atoms with Gasteiger partial charge in [-0.05, 0) is 25.1 Å². The Morgan fingerprint density at radius 3 is 3.17 bits per heavy atom. The number of furan rings is 1. The highest BCUT2D eigenvalue weighted by Crippen LogP contribution is 1.96. The Morgan fingerprint density at radius 1 is 1.75 bits per heavy atom. The van der Waals surface area contributed by atoms with Crippen LogP contribution in [0.5, 0.6) is 0 Å². The standard InChI is InChI=1S/C9H12ClNO/c1-8(10)4-5-11-7-9-3-2-6-12-9/h2-4,6,11H,5,7H2,1H3/p+1/b8-4-. The number of quaternary nitrogens is 1. The van der Waals surface area contributed by atoms with Gasteiger partial charge in [0.2, 0.25) is 0 Å². The van der Waals surface area contributed by atoms with Gasteiger partial charge in [-0.1, -0.05) is 11.6 Å². The van der Waals surface area contributed by atoms with Crippen LogP contribution in [0, 0.1) is 0 Å². The third-order valence-corrected chi connectivity index (χ3v) is 1.65. The van der Waals surface area contributed by atoms with Crippen molar-refractivity contribution in [3.8, 4) is 0 Å². The van der Waals surface area contributed by atoms with E-state index >= 15 is 0 Å². The summed E-state index contributed by atoms with van der Waals surface area (Å²) >= 11 is 5.66. The summed E-state index contributed by atoms with van der Waals surface area (Å²) in [4.78, 5) is 0. The number of hydrogen-bond donors (Lipinski definition) is 1. The van der Waals surface area contributed by atoms with Crippen molar-refractivity contribution < 1.29 is 9.73 Å². The molecule has 0 fully saturated rings. The van der Waals surface area contributed by atoms with Crippen molar-refractivity contribution in [2.24, 2.45) is 0 Å². The third-order valence-electron chi connectivity index (χ3n) is 1.49. The maximum atomic E-state index is 5.66. The average molecular weight is 187 g/mol. The molecule has 2 nitrogen and oxygen atoms in total. The molecule has 12 heavy (non-hydrogen) atoms. The molecule has 0 aliphatic rings. The van der Waals surface area contributed by atoms with Crippen LogP contribution < -0.4 is 5.32 Å². The molecule has 0 bridgehead atoms. The molecule has 0 radical (unpaired) electrons. The number of allylic oxidation sites excluding steroid dienone is 1. The SMILES string of the molecule is C/C(Cl)=C/C[NH2+]Cc1ccco1. The van der Waals surface area contributed by atoms with Gasteiger partial charge in [0.15, 0.2) is 5.76 Å². The maximum Gasteiger partial charge on any atom is 0.157 e. The topological polar surface area (TPSA) is 29.8 Å². The minimum Gasteiger partial charge on any atom is -0.463 e. The highest BCUT2D eigenvalue weighted by atomic mass is 35.5. The average Bonchev–Trinajstić information content (AvgIpc) is 2.49. The molecule has 0 unspecified atom stereocenters. The van der Waals surface area contributed by atoms with E-state index in [9.17, 15) is 0 Å². The maximum absolute atomic E-state index is 5.66. The quantitative estimate of drug-likeness (QED) is 0.710. The van der Waals surface area contributed by atoms with Gasteiger partial charge >= 0.3 is 0 Å². The molecule has 0 atom stereocenters. The van der Waals surface area contributed by atoms with E-state index in [1.807, 2.05) is 25.1 Å². The molecule has 0 aliphatic heterocycles. The molecule has 0 aliphatic carbocycles. The highest BCUT2D eigenvalue weighted by Gasteiger charge is 1.95. The van der Waals surface area contributed by atoms with Crippen LogP contribution in [0.1, 0.15) is 12.7 Å². The van der Waals surface area contributed by atoms with E-state index in [-0.39, 0.29) is 0 Å². The molecule has 1 aromatic heterocycles. The van der Waals surface area contributed by atoms with E-state index in [0.29, 0.717) is 0 Å². The van der Waals surface area contributed by atoms with Crippen molar-refractivity contribution in [2.45, 2.75) is 13.5 Å². The number of rotatable bonds is 4. The molecular formula is C9H13ClNO+. The van der Waals surface area contributed by atoms with Crippen LogP contribution in [0.4, 0.5) is 0 Å². The van der Waals surface area contributed by atoms with Crippen molar-refractivity contribution in [1.29, 1.82) is 0 Å². The Morgan fingerprint density at radius 2 is 2.58 bits per heavy atom. The normalized spacial score (nSPS) is 12.0. The molecule has 2 N–H and O–H groups in total. The van der Waals surface area contributed by atoms with E-state index in [4.69, 9.17) is 16.0 Å². The second kappa shape index (κ2) is 5.01. The van der Waals surface area contributed by atoms with Crippen LogP contribution in [-0.4, -0.2) is 6.54 Å². The lowest BCUT2D eigenvalue weighted by Crippen LogP contribution is -2.82. The lowest BCUT2D eigenvalue weighted by Gasteiger charge is -1.94. The van der Waals surface area contributed by atoms with E-state index in [1.165, 1.54) is 0 Å². The van der Waals surface area contributed by atoms with Gasteiger partial charge in [-0.2, -0.15) is 0 Å². The summed E-state index contributed by atoms with van der Waals surface area (Å²) in [5.74, 6) is 0.996. The minimum atomic E-state index is 0.839. The van der Waals surface area contributed by atoms with Crippen LogP contribution >= 0.6 is 11.6 Å². The van der Waals surface area contributed by atoms with Crippen LogP contribution in [0.25, 0.3) is 0 Å². The molecular weight excluding hydrogens is 174 g/mol. The van der Waals surface area contributed by atoms with Crippen molar-refractivity contribution in [2.75, 3.05) is 6.54 Å². The number of halogens is 1. The molecule has 0 spiro atoms. The lowest BCUT2D eigenvalue weighted by molar-refractivity contribution is -0.663. The second-order valence-corrected chi connectivity index (χ2v) is 3.19. The largest absolute Gasteiger partial charge is 0.463 e. The van der Waals surface area contributed by atoms with Crippen LogP contribution in [0.15, 0.2) is 33.9 Å². The van der Waals surface area contributed by atoms with Gasteiger partial charge in [0, 0.05) is 5.03 Å². The Labute approximate surface area is 77.2 Å². The molecule has 0 saturated heterocycles. The summed E-state index contributed by atoms with van der Waals surface area (Å²) in [7, 11) is 0. The van der Waals surface area contributed by atoms with Crippen molar-refractivity contribution in [1.82, 2.24) is 0 Å². The Hall–Kier alpha value is -0.730. The second-order valence-electron chi connectivity index (χ2n) is 2.60. The van der Waals surface area contributed by atoms with Gasteiger partial charge in [-0.15, -0.1) is 0 Å². The van der Waals surface area contributed by atoms with Gasteiger partial charge < -0.3 is 9.73 Å². The molecule has 66 valence electrons. The van der Waals surface area contributed by atoms with Crippen LogP contribution in [-0.2, 0) is 6.54 Å². The first-order valence-electron chi connectivity index (χ1n) is 3.95. The highest BCUT2D eigenvalue weighted by molar-refractivity contribution is 6.29. The lowest BCUT2D eigenvalue weighted by atomic mass is 10.4. The van der Waals surface area contributed by atoms with Crippen molar-refractivity contribution in [3.63, 3.8) is 0 Å². The predicted octanol–water partition coefficient (Wildman–Crippen LogP) is 1.49. The summed E-state index contributed by atoms with van der Waals surface area (Å²) < 4.78 is 5.16.